The van der Waals surface area contributed by atoms with Crippen molar-refractivity contribution in [3.8, 4) is 0 Å². The second kappa shape index (κ2) is 12.0. The van der Waals surface area contributed by atoms with Gasteiger partial charge in [-0.1, -0.05) is 114 Å². The smallest absolute Gasteiger partial charge is 0.247 e. The molecule has 3 rings (SSSR count). The third-order valence-electron chi connectivity index (χ3n) is 7.04. The molecule has 0 aliphatic heterocycles. The van der Waals surface area contributed by atoms with Gasteiger partial charge in [0, 0.05) is 5.41 Å². The van der Waals surface area contributed by atoms with E-state index in [1.807, 2.05) is 0 Å². The van der Waals surface area contributed by atoms with Crippen LogP contribution in [0.15, 0.2) is 73.1 Å². The normalized spacial score (nSPS) is 14.4. The summed E-state index contributed by atoms with van der Waals surface area (Å²) < 4.78 is 2.50. The van der Waals surface area contributed by atoms with Gasteiger partial charge in [-0.05, 0) is 36.3 Å². The molecule has 1 aromatic heterocycles. The Hall–Kier alpha value is -2.35. The lowest BCUT2D eigenvalue weighted by atomic mass is 9.64. The molecule has 0 radical (unpaired) electrons. The molecular weight excluding hydrogens is 388 g/mol. The number of aromatic amines is 1. The Morgan fingerprint density at radius 2 is 1.47 bits per heavy atom. The Morgan fingerprint density at radius 3 is 2.12 bits per heavy atom. The van der Waals surface area contributed by atoms with Crippen molar-refractivity contribution in [2.45, 2.75) is 90.5 Å². The van der Waals surface area contributed by atoms with Crippen LogP contribution in [0.1, 0.15) is 89.1 Å². The second-order valence-electron chi connectivity index (χ2n) is 9.97. The van der Waals surface area contributed by atoms with Gasteiger partial charge in [0.1, 0.15) is 12.4 Å². The van der Waals surface area contributed by atoms with Crippen LogP contribution in [0, 0.1) is 5.92 Å². The molecule has 1 heterocycles. The van der Waals surface area contributed by atoms with E-state index in [0.717, 1.165) is 13.0 Å². The van der Waals surface area contributed by atoms with Gasteiger partial charge < -0.3 is 0 Å². The number of unbranched alkanes of at least 4 members (excludes halogenated alkanes) is 5. The number of hydrogen-bond acceptors (Lipinski definition) is 0. The van der Waals surface area contributed by atoms with Crippen LogP contribution in [0.25, 0.3) is 0 Å². The van der Waals surface area contributed by atoms with Gasteiger partial charge in [-0.25, -0.2) is 9.55 Å². The quantitative estimate of drug-likeness (QED) is 0.212. The molecule has 0 aliphatic rings. The lowest BCUT2D eigenvalue weighted by Crippen LogP contribution is -2.45. The van der Waals surface area contributed by atoms with E-state index in [2.05, 4.69) is 110 Å². The molecule has 2 heteroatoms. The van der Waals surface area contributed by atoms with Crippen molar-refractivity contribution >= 4 is 0 Å². The molecule has 0 fully saturated rings. The minimum atomic E-state index is -0.00942. The van der Waals surface area contributed by atoms with Crippen LogP contribution >= 0.6 is 0 Å². The first-order valence-electron chi connectivity index (χ1n) is 12.7. The molecule has 1 N–H and O–H groups in total. The number of imidazole rings is 1. The molecule has 0 amide bonds. The predicted molar refractivity (Wildman–Crippen MR) is 136 cm³/mol. The fourth-order valence-corrected chi connectivity index (χ4v) is 5.49. The average molecular weight is 432 g/mol. The van der Waals surface area contributed by atoms with Crippen molar-refractivity contribution in [3.63, 3.8) is 0 Å². The molecule has 0 aliphatic carbocycles. The van der Waals surface area contributed by atoms with Gasteiger partial charge in [0.2, 0.25) is 0 Å². The van der Waals surface area contributed by atoms with Crippen LogP contribution < -0.4 is 4.57 Å². The molecule has 0 saturated carbocycles. The topological polar surface area (TPSA) is 19.7 Å². The molecule has 2 aromatic carbocycles. The number of rotatable bonds is 13. The maximum absolute atomic E-state index is 3.67. The molecule has 2 nitrogen and oxygen atoms in total. The van der Waals surface area contributed by atoms with Gasteiger partial charge >= 0.3 is 0 Å². The number of hydrogen-bond donors (Lipinski definition) is 1. The van der Waals surface area contributed by atoms with Gasteiger partial charge in [0.25, 0.3) is 5.82 Å². The minimum absolute atomic E-state index is 0.00942. The molecular formula is C30H43N2+. The number of H-pyrrole nitrogens is 1. The molecule has 2 atom stereocenters. The van der Waals surface area contributed by atoms with Crippen LogP contribution in [0.3, 0.4) is 0 Å². The van der Waals surface area contributed by atoms with Crippen molar-refractivity contribution < 1.29 is 4.57 Å². The van der Waals surface area contributed by atoms with Crippen molar-refractivity contribution in [3.05, 3.63) is 90.0 Å². The van der Waals surface area contributed by atoms with Crippen molar-refractivity contribution in [2.24, 2.45) is 5.92 Å². The molecule has 2 unspecified atom stereocenters. The first-order valence-corrected chi connectivity index (χ1v) is 12.7. The summed E-state index contributed by atoms with van der Waals surface area (Å²) in [6.45, 7) is 10.6. The third-order valence-corrected chi connectivity index (χ3v) is 7.04. The number of aromatic nitrogens is 2. The van der Waals surface area contributed by atoms with E-state index in [-0.39, 0.29) is 5.41 Å². The fourth-order valence-electron chi connectivity index (χ4n) is 5.49. The van der Waals surface area contributed by atoms with Crippen molar-refractivity contribution in [1.82, 2.24) is 4.98 Å². The van der Waals surface area contributed by atoms with Crippen LogP contribution in [0.4, 0.5) is 0 Å². The highest BCUT2D eigenvalue weighted by Crippen LogP contribution is 2.44. The Morgan fingerprint density at radius 1 is 0.844 bits per heavy atom. The highest BCUT2D eigenvalue weighted by atomic mass is 15.1. The number of aryl methyl sites for hydroxylation is 1. The highest BCUT2D eigenvalue weighted by Gasteiger charge is 2.44. The minimum Gasteiger partial charge on any atom is -0.247 e. The molecule has 0 spiro atoms. The Balaban J connectivity index is 1.90. The van der Waals surface area contributed by atoms with E-state index in [9.17, 15) is 0 Å². The zero-order valence-corrected chi connectivity index (χ0v) is 20.7. The van der Waals surface area contributed by atoms with E-state index in [1.165, 1.54) is 55.5 Å². The van der Waals surface area contributed by atoms with Gasteiger partial charge in [0.15, 0.2) is 0 Å². The standard InChI is InChI=1S/C30H42N2/c1-5-6-7-8-9-16-22-32-23-21-31-29(32)28(25(2)3)30(4,27-19-14-11-15-20-27)24-26-17-12-10-13-18-26/h10-15,17-21,23,25,28H,5-9,16,22,24H2,1-4H3/p+1. The Labute approximate surface area is 196 Å². The summed E-state index contributed by atoms with van der Waals surface area (Å²) in [6, 6.07) is 22.1. The molecule has 3 aromatic rings. The summed E-state index contributed by atoms with van der Waals surface area (Å²) in [4.78, 5) is 3.67. The zero-order chi connectivity index (χ0) is 22.8. The third kappa shape index (κ3) is 6.12. The summed E-state index contributed by atoms with van der Waals surface area (Å²) in [7, 11) is 0. The van der Waals surface area contributed by atoms with Crippen LogP contribution in [0.2, 0.25) is 0 Å². The number of benzene rings is 2. The molecule has 0 saturated heterocycles. The van der Waals surface area contributed by atoms with E-state index in [1.54, 1.807) is 0 Å². The van der Waals surface area contributed by atoms with Crippen LogP contribution in [-0.4, -0.2) is 4.98 Å². The SMILES string of the molecule is CCCCCCCC[n+]1cc[nH]c1C(C(C)C)C(C)(Cc1ccccc1)c1ccccc1. The molecule has 32 heavy (non-hydrogen) atoms. The molecule has 0 bridgehead atoms. The first kappa shape index (κ1) is 24.3. The fraction of sp³-hybridized carbons (Fsp3) is 0.500. The van der Waals surface area contributed by atoms with Gasteiger partial charge in [-0.15, -0.1) is 0 Å². The van der Waals surface area contributed by atoms with E-state index < -0.39 is 0 Å². The first-order chi connectivity index (χ1) is 15.6. The molecule has 172 valence electrons. The maximum Gasteiger partial charge on any atom is 0.258 e. The summed E-state index contributed by atoms with van der Waals surface area (Å²) >= 11 is 0. The van der Waals surface area contributed by atoms with Crippen LogP contribution in [-0.2, 0) is 18.4 Å². The van der Waals surface area contributed by atoms with E-state index in [0.29, 0.717) is 11.8 Å². The lowest BCUT2D eigenvalue weighted by Gasteiger charge is -2.39. The second-order valence-corrected chi connectivity index (χ2v) is 9.97. The monoisotopic (exact) mass is 431 g/mol. The van der Waals surface area contributed by atoms with Gasteiger partial charge in [0.05, 0.1) is 12.5 Å². The summed E-state index contributed by atoms with van der Waals surface area (Å²) in [5.74, 6) is 2.27. The number of nitrogens with one attached hydrogen (secondary N) is 1. The number of nitrogens with zero attached hydrogens (tertiary/aromatic N) is 1. The Kier molecular flexibility index (Phi) is 9.14. The predicted octanol–water partition coefficient (Wildman–Crippen LogP) is 7.60. The van der Waals surface area contributed by atoms with Crippen molar-refractivity contribution in [2.75, 3.05) is 0 Å². The summed E-state index contributed by atoms with van der Waals surface area (Å²) in [5.41, 5.74) is 2.81. The van der Waals surface area contributed by atoms with Crippen molar-refractivity contribution in [1.29, 1.82) is 0 Å². The Bertz CT molecular complexity index is 897. The maximum atomic E-state index is 3.67. The highest BCUT2D eigenvalue weighted by molar-refractivity contribution is 5.33. The summed E-state index contributed by atoms with van der Waals surface area (Å²) in [6.07, 6.45) is 13.4. The average Bonchev–Trinajstić information content (AvgIpc) is 3.25. The lowest BCUT2D eigenvalue weighted by molar-refractivity contribution is -0.705. The largest absolute Gasteiger partial charge is 0.258 e. The van der Waals surface area contributed by atoms with Crippen LogP contribution in [0.5, 0.6) is 0 Å². The van der Waals surface area contributed by atoms with Gasteiger partial charge in [-0.2, -0.15) is 0 Å². The van der Waals surface area contributed by atoms with Gasteiger partial charge in [-0.3, -0.25) is 0 Å². The van der Waals surface area contributed by atoms with E-state index in [4.69, 9.17) is 0 Å². The van der Waals surface area contributed by atoms with E-state index >= 15 is 0 Å². The zero-order valence-electron chi connectivity index (χ0n) is 20.7. The summed E-state index contributed by atoms with van der Waals surface area (Å²) in [5, 5.41) is 0.